The quantitative estimate of drug-likeness (QED) is 0.807. The van der Waals surface area contributed by atoms with E-state index in [0.29, 0.717) is 13.1 Å². The van der Waals surface area contributed by atoms with Gasteiger partial charge in [0.1, 0.15) is 0 Å². The summed E-state index contributed by atoms with van der Waals surface area (Å²) in [5.41, 5.74) is 0. The number of nitrogens with zero attached hydrogens (tertiary/aromatic N) is 2. The Labute approximate surface area is 126 Å². The summed E-state index contributed by atoms with van der Waals surface area (Å²) in [7, 11) is 0. The number of piperidine rings is 2. The van der Waals surface area contributed by atoms with E-state index in [9.17, 15) is 9.59 Å². The molecule has 0 spiro atoms. The van der Waals surface area contributed by atoms with Crippen molar-refractivity contribution in [2.75, 3.05) is 32.7 Å². The predicted octanol–water partition coefficient (Wildman–Crippen LogP) is 1.51. The summed E-state index contributed by atoms with van der Waals surface area (Å²) in [5.74, 6) is -0.826. The van der Waals surface area contributed by atoms with Crippen molar-refractivity contribution >= 4 is 12.0 Å². The molecular formula is C15H27N3O3. The van der Waals surface area contributed by atoms with Gasteiger partial charge in [0, 0.05) is 25.7 Å². The average Bonchev–Trinajstić information content (AvgIpc) is 2.48. The lowest BCUT2D eigenvalue weighted by Gasteiger charge is -2.35. The molecule has 0 aromatic carbocycles. The molecule has 2 N–H and O–H groups in total. The van der Waals surface area contributed by atoms with Crippen molar-refractivity contribution in [3.8, 4) is 0 Å². The van der Waals surface area contributed by atoms with Crippen molar-refractivity contribution in [3.63, 3.8) is 0 Å². The molecule has 0 aromatic rings. The number of carbonyl (C=O) groups excluding carboxylic acids is 1. The summed E-state index contributed by atoms with van der Waals surface area (Å²) in [6, 6.07) is -0.246. The van der Waals surface area contributed by atoms with Gasteiger partial charge in [0.2, 0.25) is 0 Å². The van der Waals surface area contributed by atoms with Crippen molar-refractivity contribution in [1.82, 2.24) is 15.1 Å². The number of carboxylic acids is 1. The van der Waals surface area contributed by atoms with Gasteiger partial charge < -0.3 is 20.2 Å². The zero-order valence-corrected chi connectivity index (χ0v) is 12.7. The largest absolute Gasteiger partial charge is 0.481 e. The van der Waals surface area contributed by atoms with Gasteiger partial charge in [-0.25, -0.2) is 4.79 Å². The first-order chi connectivity index (χ1) is 10.2. The number of nitrogens with one attached hydrogen (secondary N) is 1. The number of carboxylic acid groups (broad SMARTS) is 1. The van der Waals surface area contributed by atoms with Crippen LogP contribution in [0.5, 0.6) is 0 Å². The number of rotatable bonds is 5. The standard InChI is InChI=1S/C15H27N3O3/c19-14(20)12-13-6-2-5-10-18(13)15(21)16-7-11-17-8-3-1-4-9-17/h13H,1-12H2,(H,16,21)(H,19,20). The number of aliphatic carboxylic acids is 1. The fourth-order valence-electron chi connectivity index (χ4n) is 3.29. The Balaban J connectivity index is 1.73. The van der Waals surface area contributed by atoms with Gasteiger partial charge in [-0.05, 0) is 45.2 Å². The molecule has 0 aromatic heterocycles. The Kier molecular flexibility index (Phi) is 6.29. The van der Waals surface area contributed by atoms with E-state index >= 15 is 0 Å². The van der Waals surface area contributed by atoms with Crippen LogP contribution in [0.2, 0.25) is 0 Å². The van der Waals surface area contributed by atoms with E-state index in [0.717, 1.165) is 38.9 Å². The van der Waals surface area contributed by atoms with Crippen molar-refractivity contribution in [2.24, 2.45) is 0 Å². The minimum absolute atomic E-state index is 0.0551. The lowest BCUT2D eigenvalue weighted by molar-refractivity contribution is -0.138. The summed E-state index contributed by atoms with van der Waals surface area (Å²) < 4.78 is 0. The highest BCUT2D eigenvalue weighted by Gasteiger charge is 2.28. The number of hydrogen-bond donors (Lipinski definition) is 2. The third-order valence-electron chi connectivity index (χ3n) is 4.45. The summed E-state index contributed by atoms with van der Waals surface area (Å²) >= 11 is 0. The normalized spacial score (nSPS) is 23.8. The first-order valence-electron chi connectivity index (χ1n) is 8.15. The summed E-state index contributed by atoms with van der Waals surface area (Å²) in [6.07, 6.45) is 6.64. The monoisotopic (exact) mass is 297 g/mol. The van der Waals surface area contributed by atoms with Crippen LogP contribution < -0.4 is 5.32 Å². The van der Waals surface area contributed by atoms with E-state index in [1.807, 2.05) is 0 Å². The molecule has 120 valence electrons. The zero-order valence-electron chi connectivity index (χ0n) is 12.7. The first kappa shape index (κ1) is 16.1. The third-order valence-corrected chi connectivity index (χ3v) is 4.45. The van der Waals surface area contributed by atoms with Crippen LogP contribution in [-0.2, 0) is 4.79 Å². The molecule has 6 heteroatoms. The van der Waals surface area contributed by atoms with Gasteiger partial charge in [0.05, 0.1) is 6.42 Å². The van der Waals surface area contributed by atoms with Crippen LogP contribution in [0.25, 0.3) is 0 Å². The van der Waals surface area contributed by atoms with Gasteiger partial charge in [-0.1, -0.05) is 6.42 Å². The highest BCUT2D eigenvalue weighted by atomic mass is 16.4. The first-order valence-corrected chi connectivity index (χ1v) is 8.15. The molecule has 21 heavy (non-hydrogen) atoms. The van der Waals surface area contributed by atoms with Crippen LogP contribution in [0.15, 0.2) is 0 Å². The smallest absolute Gasteiger partial charge is 0.317 e. The summed E-state index contributed by atoms with van der Waals surface area (Å²) in [5, 5.41) is 11.9. The number of amides is 2. The Morgan fingerprint density at radius 2 is 1.76 bits per heavy atom. The highest BCUT2D eigenvalue weighted by Crippen LogP contribution is 2.19. The van der Waals surface area contributed by atoms with Crippen LogP contribution in [0.4, 0.5) is 4.79 Å². The maximum absolute atomic E-state index is 12.2. The zero-order chi connectivity index (χ0) is 15.1. The number of hydrogen-bond acceptors (Lipinski definition) is 3. The molecule has 1 unspecified atom stereocenters. The second-order valence-electron chi connectivity index (χ2n) is 6.08. The fourth-order valence-corrected chi connectivity index (χ4v) is 3.29. The van der Waals surface area contributed by atoms with Crippen molar-refractivity contribution in [1.29, 1.82) is 0 Å². The summed E-state index contributed by atoms with van der Waals surface area (Å²) in [4.78, 5) is 27.2. The third kappa shape index (κ3) is 5.19. The second kappa shape index (κ2) is 8.22. The average molecular weight is 297 g/mol. The van der Waals surface area contributed by atoms with Crippen LogP contribution in [0.1, 0.15) is 44.9 Å². The molecule has 0 bridgehead atoms. The second-order valence-corrected chi connectivity index (χ2v) is 6.08. The van der Waals surface area contributed by atoms with Gasteiger partial charge in [0.15, 0.2) is 0 Å². The molecule has 0 aliphatic carbocycles. The maximum atomic E-state index is 12.2. The fraction of sp³-hybridized carbons (Fsp3) is 0.867. The molecule has 2 aliphatic rings. The van der Waals surface area contributed by atoms with E-state index in [-0.39, 0.29) is 18.5 Å². The van der Waals surface area contributed by atoms with Gasteiger partial charge in [-0.2, -0.15) is 0 Å². The predicted molar refractivity (Wildman–Crippen MR) is 80.3 cm³/mol. The number of likely N-dealkylation sites (tertiary alicyclic amines) is 2. The SMILES string of the molecule is O=C(O)CC1CCCCN1C(=O)NCCN1CCCCC1. The Morgan fingerprint density at radius 1 is 1.05 bits per heavy atom. The topological polar surface area (TPSA) is 72.9 Å². The molecule has 2 aliphatic heterocycles. The van der Waals surface area contributed by atoms with E-state index in [2.05, 4.69) is 10.2 Å². The molecule has 1 atom stereocenters. The molecule has 6 nitrogen and oxygen atoms in total. The molecule has 2 amide bonds. The molecule has 0 saturated carbocycles. The van der Waals surface area contributed by atoms with Crippen LogP contribution in [-0.4, -0.2) is 65.7 Å². The number of carbonyl (C=O) groups is 2. The van der Waals surface area contributed by atoms with Crippen molar-refractivity contribution in [2.45, 2.75) is 51.0 Å². The number of urea groups is 1. The van der Waals surface area contributed by atoms with E-state index in [4.69, 9.17) is 5.11 Å². The minimum atomic E-state index is -0.826. The lowest BCUT2D eigenvalue weighted by atomic mass is 10.00. The minimum Gasteiger partial charge on any atom is -0.481 e. The van der Waals surface area contributed by atoms with E-state index in [1.165, 1.54) is 19.3 Å². The highest BCUT2D eigenvalue weighted by molar-refractivity contribution is 5.76. The van der Waals surface area contributed by atoms with Crippen LogP contribution in [0, 0.1) is 0 Å². The van der Waals surface area contributed by atoms with Gasteiger partial charge >= 0.3 is 12.0 Å². The van der Waals surface area contributed by atoms with Crippen molar-refractivity contribution in [3.05, 3.63) is 0 Å². The Hall–Kier alpha value is -1.30. The van der Waals surface area contributed by atoms with Gasteiger partial charge in [-0.3, -0.25) is 4.79 Å². The molecule has 2 fully saturated rings. The van der Waals surface area contributed by atoms with Gasteiger partial charge in [-0.15, -0.1) is 0 Å². The summed E-state index contributed by atoms with van der Waals surface area (Å²) in [6.45, 7) is 4.47. The maximum Gasteiger partial charge on any atom is 0.317 e. The van der Waals surface area contributed by atoms with Crippen LogP contribution >= 0.6 is 0 Å². The Bertz CT molecular complexity index is 356. The molecular weight excluding hydrogens is 270 g/mol. The van der Waals surface area contributed by atoms with E-state index in [1.54, 1.807) is 4.90 Å². The van der Waals surface area contributed by atoms with Gasteiger partial charge in [0.25, 0.3) is 0 Å². The molecule has 0 radical (unpaired) electrons. The van der Waals surface area contributed by atoms with Crippen molar-refractivity contribution < 1.29 is 14.7 Å². The molecule has 2 rings (SSSR count). The molecule has 2 saturated heterocycles. The molecule has 2 heterocycles. The van der Waals surface area contributed by atoms with E-state index < -0.39 is 5.97 Å². The van der Waals surface area contributed by atoms with Crippen LogP contribution in [0.3, 0.4) is 0 Å². The lowest BCUT2D eigenvalue weighted by Crippen LogP contribution is -2.50. The Morgan fingerprint density at radius 3 is 2.48 bits per heavy atom.